The molecule has 2 N–H and O–H groups in total. The van der Waals surface area contributed by atoms with Crippen LogP contribution in [0.2, 0.25) is 0 Å². The highest BCUT2D eigenvalue weighted by Crippen LogP contribution is 2.21. The molecular weight excluding hydrogens is 282 g/mol. The van der Waals surface area contributed by atoms with Crippen molar-refractivity contribution in [3.8, 4) is 0 Å². The summed E-state index contributed by atoms with van der Waals surface area (Å²) < 4.78 is 34.0. The Hall–Kier alpha value is -1.73. The molecule has 1 aromatic heterocycles. The van der Waals surface area contributed by atoms with Crippen LogP contribution >= 0.6 is 0 Å². The van der Waals surface area contributed by atoms with E-state index >= 15 is 0 Å². The smallest absolute Gasteiger partial charge is 0.408 e. The molecule has 0 bridgehead atoms. The van der Waals surface area contributed by atoms with Gasteiger partial charge >= 0.3 is 5.76 Å². The molecule has 0 aliphatic rings. The van der Waals surface area contributed by atoms with Crippen molar-refractivity contribution in [3.05, 3.63) is 34.3 Å². The number of nitrogens with one attached hydrogen (secondary N) is 2. The molecule has 1 aromatic carbocycles. The lowest BCUT2D eigenvalue weighted by molar-refractivity contribution is 0.0144. The van der Waals surface area contributed by atoms with E-state index in [9.17, 15) is 13.6 Å². The number of H-pyrrole nitrogens is 1. The Kier molecular flexibility index (Phi) is 5.46. The second-order valence-corrected chi connectivity index (χ2v) is 4.64. The Balaban J connectivity index is 2.05. The number of alkyl halides is 2. The number of benzene rings is 1. The average Bonchev–Trinajstić information content (AvgIpc) is 2.81. The van der Waals surface area contributed by atoms with E-state index in [4.69, 9.17) is 9.15 Å². The quantitative estimate of drug-likeness (QED) is 0.735. The van der Waals surface area contributed by atoms with Gasteiger partial charge in [0, 0.05) is 12.6 Å². The molecule has 1 atom stereocenters. The van der Waals surface area contributed by atoms with Crippen LogP contribution in [0, 0.1) is 0 Å². The third kappa shape index (κ3) is 4.37. The van der Waals surface area contributed by atoms with Gasteiger partial charge < -0.3 is 14.5 Å². The summed E-state index contributed by atoms with van der Waals surface area (Å²) in [4.78, 5) is 13.7. The van der Waals surface area contributed by atoms with Crippen LogP contribution in [0.1, 0.15) is 24.9 Å². The second kappa shape index (κ2) is 7.33. The van der Waals surface area contributed by atoms with E-state index in [0.717, 1.165) is 12.1 Å². The molecule has 0 fully saturated rings. The fourth-order valence-corrected chi connectivity index (χ4v) is 2.19. The van der Waals surface area contributed by atoms with Crippen molar-refractivity contribution in [2.24, 2.45) is 0 Å². The summed E-state index contributed by atoms with van der Waals surface area (Å²) >= 11 is 0. The molecule has 1 unspecified atom stereocenters. The lowest BCUT2D eigenvalue weighted by Gasteiger charge is -2.18. The minimum absolute atomic E-state index is 0.0442. The number of halogens is 2. The van der Waals surface area contributed by atoms with Gasteiger partial charge in [-0.3, -0.25) is 4.98 Å². The Labute approximate surface area is 120 Å². The molecule has 116 valence electrons. The number of rotatable bonds is 8. The van der Waals surface area contributed by atoms with Crippen LogP contribution in [0.4, 0.5) is 8.78 Å². The number of hydrogen-bond acceptors (Lipinski definition) is 4. The van der Waals surface area contributed by atoms with Crippen molar-refractivity contribution in [1.29, 1.82) is 0 Å². The zero-order valence-corrected chi connectivity index (χ0v) is 11.7. The molecule has 0 radical (unpaired) electrons. The van der Waals surface area contributed by atoms with Gasteiger partial charge in [0.1, 0.15) is 6.61 Å². The first kappa shape index (κ1) is 15.7. The fraction of sp³-hybridized carbons (Fsp3) is 0.500. The summed E-state index contributed by atoms with van der Waals surface area (Å²) in [6.45, 7) is 2.37. The lowest BCUT2D eigenvalue weighted by Crippen LogP contribution is -2.22. The van der Waals surface area contributed by atoms with E-state index < -0.39 is 18.8 Å². The molecule has 2 aromatic rings. The van der Waals surface area contributed by atoms with Gasteiger partial charge in [-0.15, -0.1) is 0 Å². The van der Waals surface area contributed by atoms with Gasteiger partial charge in [0.05, 0.1) is 5.52 Å². The van der Waals surface area contributed by atoms with E-state index in [1.807, 2.05) is 13.0 Å². The molecule has 21 heavy (non-hydrogen) atoms. The van der Waals surface area contributed by atoms with Gasteiger partial charge in [0.25, 0.3) is 6.43 Å². The van der Waals surface area contributed by atoms with Gasteiger partial charge in [-0.1, -0.05) is 13.0 Å². The molecular formula is C14H18F2N2O3. The Morgan fingerprint density at radius 2 is 2.24 bits per heavy atom. The lowest BCUT2D eigenvalue weighted by atomic mass is 10.0. The zero-order chi connectivity index (χ0) is 15.2. The van der Waals surface area contributed by atoms with Crippen molar-refractivity contribution >= 4 is 11.1 Å². The average molecular weight is 300 g/mol. The van der Waals surface area contributed by atoms with Crippen LogP contribution in [0.15, 0.2) is 27.4 Å². The summed E-state index contributed by atoms with van der Waals surface area (Å²) in [6.07, 6.45) is -1.89. The molecule has 0 spiro atoms. The Morgan fingerprint density at radius 3 is 2.95 bits per heavy atom. The van der Waals surface area contributed by atoms with Gasteiger partial charge in [-0.05, 0) is 30.7 Å². The molecule has 0 saturated heterocycles. The number of aromatic nitrogens is 1. The summed E-state index contributed by atoms with van der Waals surface area (Å²) in [5.41, 5.74) is 2.04. The molecule has 0 aliphatic heterocycles. The molecule has 0 saturated carbocycles. The predicted octanol–water partition coefficient (Wildman–Crippen LogP) is 2.44. The van der Waals surface area contributed by atoms with E-state index in [1.54, 1.807) is 12.1 Å². The van der Waals surface area contributed by atoms with E-state index in [0.29, 0.717) is 17.5 Å². The van der Waals surface area contributed by atoms with Crippen molar-refractivity contribution in [3.63, 3.8) is 0 Å². The molecule has 0 amide bonds. The number of fused-ring (bicyclic) bond motifs is 1. The normalized spacial score (nSPS) is 13.1. The van der Waals surface area contributed by atoms with E-state index in [2.05, 4.69) is 10.3 Å². The van der Waals surface area contributed by atoms with Crippen LogP contribution in [-0.2, 0) is 4.74 Å². The largest absolute Gasteiger partial charge is 0.417 e. The van der Waals surface area contributed by atoms with E-state index in [-0.39, 0.29) is 12.6 Å². The van der Waals surface area contributed by atoms with Crippen LogP contribution in [0.5, 0.6) is 0 Å². The van der Waals surface area contributed by atoms with Crippen LogP contribution in [0.3, 0.4) is 0 Å². The minimum atomic E-state index is -2.45. The van der Waals surface area contributed by atoms with Crippen LogP contribution < -0.4 is 11.1 Å². The Morgan fingerprint density at radius 1 is 1.43 bits per heavy atom. The fourth-order valence-electron chi connectivity index (χ4n) is 2.19. The Bertz CT molecular complexity index is 624. The summed E-state index contributed by atoms with van der Waals surface area (Å²) in [7, 11) is 0. The SMILES string of the molecule is CCNC(CCOCC(F)F)c1ccc2[nH]c(=O)oc2c1. The summed E-state index contributed by atoms with van der Waals surface area (Å²) in [5.74, 6) is -0.498. The third-order valence-corrected chi connectivity index (χ3v) is 3.09. The topological polar surface area (TPSA) is 67.3 Å². The monoisotopic (exact) mass is 300 g/mol. The van der Waals surface area contributed by atoms with Gasteiger partial charge in [0.15, 0.2) is 5.58 Å². The zero-order valence-electron chi connectivity index (χ0n) is 11.7. The number of ether oxygens (including phenoxy) is 1. The highest BCUT2D eigenvalue weighted by molar-refractivity contribution is 5.72. The maximum absolute atomic E-state index is 12.0. The minimum Gasteiger partial charge on any atom is -0.408 e. The summed E-state index contributed by atoms with van der Waals surface area (Å²) in [5, 5.41) is 3.26. The number of oxazole rings is 1. The second-order valence-electron chi connectivity index (χ2n) is 4.64. The van der Waals surface area contributed by atoms with Crippen molar-refractivity contribution in [2.45, 2.75) is 25.8 Å². The highest BCUT2D eigenvalue weighted by Gasteiger charge is 2.13. The highest BCUT2D eigenvalue weighted by atomic mass is 19.3. The molecule has 5 nitrogen and oxygen atoms in total. The number of aromatic amines is 1. The number of hydrogen-bond donors (Lipinski definition) is 2. The van der Waals surface area contributed by atoms with Crippen LogP contribution in [-0.4, -0.2) is 31.2 Å². The molecule has 0 aliphatic carbocycles. The van der Waals surface area contributed by atoms with Crippen LogP contribution in [0.25, 0.3) is 11.1 Å². The van der Waals surface area contributed by atoms with Crippen molar-refractivity contribution in [2.75, 3.05) is 19.8 Å². The first-order valence-electron chi connectivity index (χ1n) is 6.82. The maximum Gasteiger partial charge on any atom is 0.417 e. The van der Waals surface area contributed by atoms with Gasteiger partial charge in [-0.2, -0.15) is 0 Å². The molecule has 2 rings (SSSR count). The van der Waals surface area contributed by atoms with Gasteiger partial charge in [0.2, 0.25) is 0 Å². The van der Waals surface area contributed by atoms with Gasteiger partial charge in [-0.25, -0.2) is 13.6 Å². The standard InChI is InChI=1S/C14H18F2N2O3/c1-2-17-10(5-6-20-8-13(15)16)9-3-4-11-12(7-9)21-14(19)18-11/h3-4,7,10,13,17H,2,5-6,8H2,1H3,(H,18,19). The molecule has 1 heterocycles. The first-order chi connectivity index (χ1) is 10.1. The van der Waals surface area contributed by atoms with Crippen molar-refractivity contribution < 1.29 is 17.9 Å². The predicted molar refractivity (Wildman–Crippen MR) is 74.7 cm³/mol. The summed E-state index contributed by atoms with van der Waals surface area (Å²) in [6, 6.07) is 5.36. The third-order valence-electron chi connectivity index (χ3n) is 3.09. The molecule has 7 heteroatoms. The first-order valence-corrected chi connectivity index (χ1v) is 6.82. The van der Waals surface area contributed by atoms with E-state index in [1.165, 1.54) is 0 Å². The maximum atomic E-state index is 12.0. The van der Waals surface area contributed by atoms with Crippen molar-refractivity contribution in [1.82, 2.24) is 10.3 Å².